The van der Waals surface area contributed by atoms with Crippen LogP contribution in [0.2, 0.25) is 0 Å². The third kappa shape index (κ3) is 4.24. The lowest BCUT2D eigenvalue weighted by atomic mass is 9.92. The molecule has 38 heavy (non-hydrogen) atoms. The summed E-state index contributed by atoms with van der Waals surface area (Å²) in [6, 6.07) is 23.3. The summed E-state index contributed by atoms with van der Waals surface area (Å²) in [5.74, 6) is 0.323. The number of aromatic amines is 1. The van der Waals surface area contributed by atoms with Crippen molar-refractivity contribution in [1.29, 1.82) is 0 Å². The van der Waals surface area contributed by atoms with Gasteiger partial charge in [0.05, 0.1) is 29.8 Å². The van der Waals surface area contributed by atoms with Crippen LogP contribution in [0.15, 0.2) is 66.7 Å². The second-order valence-electron chi connectivity index (χ2n) is 10.4. The number of hydrogen-bond acceptors (Lipinski definition) is 4. The molecule has 0 radical (unpaired) electrons. The van der Waals surface area contributed by atoms with Gasteiger partial charge in [-0.05, 0) is 53.3 Å². The molecule has 1 saturated heterocycles. The normalized spacial score (nSPS) is 22.5. The van der Waals surface area contributed by atoms with Crippen LogP contribution in [0, 0.1) is 0 Å². The SMILES string of the molecule is C.O=C1Nc2ccccc2[C@]12C[C@H]2c1ccc2c(/C=C/c3ccc(CCN4CCOCC4)cc3)n[nH]c2c1. The highest BCUT2D eigenvalue weighted by Gasteiger charge is 2.65. The number of carbonyl (C=O) groups excluding carboxylic acids is 1. The van der Waals surface area contributed by atoms with Crippen LogP contribution in [0.3, 0.4) is 0 Å². The first-order chi connectivity index (χ1) is 18.2. The molecule has 1 aromatic heterocycles. The van der Waals surface area contributed by atoms with E-state index in [1.165, 1.54) is 11.1 Å². The summed E-state index contributed by atoms with van der Waals surface area (Å²) in [5, 5.41) is 11.9. The van der Waals surface area contributed by atoms with E-state index in [4.69, 9.17) is 4.74 Å². The van der Waals surface area contributed by atoms with Crippen molar-refractivity contribution in [3.63, 3.8) is 0 Å². The minimum absolute atomic E-state index is 0. The first kappa shape index (κ1) is 24.6. The van der Waals surface area contributed by atoms with Crippen molar-refractivity contribution in [3.8, 4) is 0 Å². The van der Waals surface area contributed by atoms with Gasteiger partial charge >= 0.3 is 0 Å². The number of fused-ring (bicyclic) bond motifs is 3. The molecule has 1 amide bonds. The summed E-state index contributed by atoms with van der Waals surface area (Å²) in [6.07, 6.45) is 6.10. The van der Waals surface area contributed by atoms with Crippen molar-refractivity contribution in [2.75, 3.05) is 38.2 Å². The molecule has 6 heteroatoms. The van der Waals surface area contributed by atoms with Crippen LogP contribution in [0.1, 0.15) is 47.7 Å². The molecular weight excluding hydrogens is 472 g/mol. The van der Waals surface area contributed by atoms with E-state index in [0.29, 0.717) is 0 Å². The molecule has 3 heterocycles. The second-order valence-corrected chi connectivity index (χ2v) is 10.4. The zero-order valence-corrected chi connectivity index (χ0v) is 20.7. The van der Waals surface area contributed by atoms with Gasteiger partial charge in [0.1, 0.15) is 0 Å². The van der Waals surface area contributed by atoms with Crippen molar-refractivity contribution in [2.45, 2.75) is 31.6 Å². The summed E-state index contributed by atoms with van der Waals surface area (Å²) in [7, 11) is 0. The molecule has 194 valence electrons. The highest BCUT2D eigenvalue weighted by molar-refractivity contribution is 6.09. The Morgan fingerprint density at radius 3 is 2.68 bits per heavy atom. The molecule has 0 bridgehead atoms. The van der Waals surface area contributed by atoms with E-state index in [0.717, 1.165) is 79.1 Å². The van der Waals surface area contributed by atoms with Gasteiger partial charge in [0.15, 0.2) is 0 Å². The first-order valence-corrected chi connectivity index (χ1v) is 13.2. The lowest BCUT2D eigenvalue weighted by Gasteiger charge is -2.26. The van der Waals surface area contributed by atoms with Crippen LogP contribution in [0.4, 0.5) is 5.69 Å². The van der Waals surface area contributed by atoms with Gasteiger partial charge in [-0.15, -0.1) is 0 Å². The number of hydrogen-bond donors (Lipinski definition) is 2. The Bertz CT molecular complexity index is 1500. The first-order valence-electron chi connectivity index (χ1n) is 13.2. The number of anilines is 1. The number of nitrogens with one attached hydrogen (secondary N) is 2. The van der Waals surface area contributed by atoms with Gasteiger partial charge in [-0.2, -0.15) is 5.10 Å². The molecule has 7 rings (SSSR count). The number of nitrogens with zero attached hydrogens (tertiary/aromatic N) is 2. The molecule has 6 nitrogen and oxygen atoms in total. The number of aromatic nitrogens is 2. The number of benzene rings is 3. The number of rotatable bonds is 6. The summed E-state index contributed by atoms with van der Waals surface area (Å²) in [6.45, 7) is 4.84. The molecule has 3 aromatic carbocycles. The molecular formula is C32H34N4O2. The van der Waals surface area contributed by atoms with E-state index in [2.05, 4.69) is 81.1 Å². The molecule has 2 fully saturated rings. The zero-order valence-electron chi connectivity index (χ0n) is 20.7. The number of para-hydroxylation sites is 1. The fraction of sp³-hybridized carbons (Fsp3) is 0.312. The van der Waals surface area contributed by atoms with Gasteiger partial charge in [-0.25, -0.2) is 0 Å². The van der Waals surface area contributed by atoms with Crippen LogP contribution >= 0.6 is 0 Å². The van der Waals surface area contributed by atoms with Crippen LogP contribution in [0.25, 0.3) is 23.1 Å². The van der Waals surface area contributed by atoms with Crippen molar-refractivity contribution in [2.24, 2.45) is 0 Å². The third-order valence-electron chi connectivity index (χ3n) is 8.27. The van der Waals surface area contributed by atoms with Gasteiger partial charge < -0.3 is 10.1 Å². The Kier molecular flexibility index (Phi) is 6.38. The Labute approximate surface area is 223 Å². The Morgan fingerprint density at radius 2 is 1.84 bits per heavy atom. The molecule has 1 spiro atoms. The summed E-state index contributed by atoms with van der Waals surface area (Å²) >= 11 is 0. The van der Waals surface area contributed by atoms with E-state index in [9.17, 15) is 4.79 Å². The molecule has 2 aliphatic heterocycles. The number of carbonyl (C=O) groups is 1. The predicted molar refractivity (Wildman–Crippen MR) is 153 cm³/mol. The minimum Gasteiger partial charge on any atom is -0.379 e. The number of ether oxygens (including phenoxy) is 1. The van der Waals surface area contributed by atoms with E-state index in [1.54, 1.807) is 0 Å². The third-order valence-corrected chi connectivity index (χ3v) is 8.27. The maximum absolute atomic E-state index is 12.9. The van der Waals surface area contributed by atoms with Gasteiger partial charge in [-0.1, -0.05) is 68.1 Å². The lowest BCUT2D eigenvalue weighted by molar-refractivity contribution is -0.118. The number of amides is 1. The predicted octanol–water partition coefficient (Wildman–Crippen LogP) is 5.62. The molecule has 4 aromatic rings. The smallest absolute Gasteiger partial charge is 0.235 e. The quantitative estimate of drug-likeness (QED) is 0.356. The van der Waals surface area contributed by atoms with Gasteiger partial charge in [0, 0.05) is 36.6 Å². The van der Waals surface area contributed by atoms with Crippen LogP contribution in [0.5, 0.6) is 0 Å². The van der Waals surface area contributed by atoms with Gasteiger partial charge in [-0.3, -0.25) is 14.8 Å². The molecule has 2 atom stereocenters. The molecule has 3 aliphatic rings. The van der Waals surface area contributed by atoms with Crippen molar-refractivity contribution in [3.05, 3.63) is 94.7 Å². The molecule has 1 saturated carbocycles. The number of H-pyrrole nitrogens is 1. The van der Waals surface area contributed by atoms with Crippen molar-refractivity contribution in [1.82, 2.24) is 15.1 Å². The molecule has 2 N–H and O–H groups in total. The minimum atomic E-state index is -0.415. The average molecular weight is 507 g/mol. The maximum atomic E-state index is 12.9. The topological polar surface area (TPSA) is 70.2 Å². The van der Waals surface area contributed by atoms with Crippen molar-refractivity contribution < 1.29 is 9.53 Å². The highest BCUT2D eigenvalue weighted by Crippen LogP contribution is 2.64. The zero-order chi connectivity index (χ0) is 24.8. The van der Waals surface area contributed by atoms with Crippen molar-refractivity contribution >= 4 is 34.6 Å². The highest BCUT2D eigenvalue weighted by atomic mass is 16.5. The summed E-state index contributed by atoms with van der Waals surface area (Å²) in [4.78, 5) is 15.3. The standard InChI is InChI=1S/C31H30N4O2.CH4/c36-30-31(25-3-1-2-4-28(25)32-30)20-26(31)23-10-11-24-27(33-34-29(24)19-23)12-9-21-5-7-22(8-6-21)13-14-35-15-17-37-18-16-35;/h1-12,19,26H,13-18,20H2,(H,32,36)(H,33,34);1H4/b12-9+;/t26-,31-;/m0./s1. The van der Waals surface area contributed by atoms with Gasteiger partial charge in [0.25, 0.3) is 0 Å². The van der Waals surface area contributed by atoms with Crippen LogP contribution < -0.4 is 5.32 Å². The number of morpholine rings is 1. The maximum Gasteiger partial charge on any atom is 0.235 e. The lowest BCUT2D eigenvalue weighted by Crippen LogP contribution is -2.37. The van der Waals surface area contributed by atoms with E-state index in [1.807, 2.05) is 18.2 Å². The summed E-state index contributed by atoms with van der Waals surface area (Å²) < 4.78 is 5.43. The van der Waals surface area contributed by atoms with E-state index >= 15 is 0 Å². The van der Waals surface area contributed by atoms with Crippen LogP contribution in [-0.2, 0) is 21.4 Å². The molecule has 1 aliphatic carbocycles. The Morgan fingerprint density at radius 1 is 1.03 bits per heavy atom. The molecule has 0 unspecified atom stereocenters. The van der Waals surface area contributed by atoms with Gasteiger partial charge in [0.2, 0.25) is 5.91 Å². The Hall–Kier alpha value is -3.74. The second kappa shape index (κ2) is 9.86. The Balaban J connectivity index is 0.00000264. The summed E-state index contributed by atoms with van der Waals surface area (Å²) in [5.41, 5.74) is 7.30. The fourth-order valence-corrected chi connectivity index (χ4v) is 6.04. The average Bonchev–Trinajstić information content (AvgIpc) is 3.48. The van der Waals surface area contributed by atoms with E-state index in [-0.39, 0.29) is 19.3 Å². The van der Waals surface area contributed by atoms with Crippen LogP contribution in [-0.4, -0.2) is 53.9 Å². The monoisotopic (exact) mass is 506 g/mol. The van der Waals surface area contributed by atoms with E-state index < -0.39 is 5.41 Å². The largest absolute Gasteiger partial charge is 0.379 e. The fourth-order valence-electron chi connectivity index (χ4n) is 6.04.